The monoisotopic (exact) mass is 473 g/mol. The van der Waals surface area contributed by atoms with Crippen LogP contribution in [0, 0.1) is 13.8 Å². The number of carbonyl (C=O) groups excluding carboxylic acids is 2. The Balaban J connectivity index is 2.42. The lowest BCUT2D eigenvalue weighted by molar-refractivity contribution is -0.140. The van der Waals surface area contributed by atoms with Crippen molar-refractivity contribution < 1.29 is 18.0 Å². The fourth-order valence-corrected chi connectivity index (χ4v) is 4.36. The third-order valence-electron chi connectivity index (χ3n) is 5.29. The van der Waals surface area contributed by atoms with Gasteiger partial charge in [0.1, 0.15) is 12.6 Å². The van der Waals surface area contributed by atoms with Crippen LogP contribution in [-0.4, -0.2) is 50.0 Å². The molecular weight excluding hydrogens is 438 g/mol. The number of nitrogens with one attached hydrogen (secondary N) is 1. The molecule has 0 bridgehead atoms. The lowest BCUT2D eigenvalue weighted by Gasteiger charge is -2.33. The standard InChI is InChI=1S/C25H35N3O4S/c1-7-23(25(30)26-18(2)3)27(16-21-12-8-19(4)9-13-21)24(29)17-28(33(6,31)32)22-14-10-20(5)11-15-22/h8-15,18,23H,7,16-17H2,1-6H3,(H,26,30)/t23-/m1/s1. The van der Waals surface area contributed by atoms with Gasteiger partial charge in [0.2, 0.25) is 21.8 Å². The highest BCUT2D eigenvalue weighted by Gasteiger charge is 2.31. The summed E-state index contributed by atoms with van der Waals surface area (Å²) in [6.07, 6.45) is 1.48. The zero-order valence-corrected chi connectivity index (χ0v) is 21.1. The topological polar surface area (TPSA) is 86.8 Å². The van der Waals surface area contributed by atoms with E-state index < -0.39 is 22.0 Å². The molecule has 8 heteroatoms. The molecule has 0 saturated carbocycles. The summed E-state index contributed by atoms with van der Waals surface area (Å²) in [6, 6.07) is 13.9. The van der Waals surface area contributed by atoms with Gasteiger partial charge in [-0.25, -0.2) is 8.42 Å². The molecule has 2 aromatic rings. The van der Waals surface area contributed by atoms with Gasteiger partial charge in [-0.2, -0.15) is 0 Å². The van der Waals surface area contributed by atoms with E-state index >= 15 is 0 Å². The van der Waals surface area contributed by atoms with E-state index in [1.807, 2.05) is 58.9 Å². The molecular formula is C25H35N3O4S. The van der Waals surface area contributed by atoms with Gasteiger partial charge in [0.05, 0.1) is 11.9 Å². The van der Waals surface area contributed by atoms with E-state index in [2.05, 4.69) is 5.32 Å². The predicted octanol–water partition coefficient (Wildman–Crippen LogP) is 3.40. The number of aryl methyl sites for hydroxylation is 2. The molecule has 1 atom stereocenters. The molecule has 180 valence electrons. The normalized spacial score (nSPS) is 12.3. The van der Waals surface area contributed by atoms with Crippen molar-refractivity contribution in [2.45, 2.75) is 59.7 Å². The molecule has 0 saturated heterocycles. The van der Waals surface area contributed by atoms with Crippen LogP contribution in [0.3, 0.4) is 0 Å². The van der Waals surface area contributed by atoms with Gasteiger partial charge in [-0.3, -0.25) is 13.9 Å². The lowest BCUT2D eigenvalue weighted by Crippen LogP contribution is -2.53. The maximum absolute atomic E-state index is 13.5. The van der Waals surface area contributed by atoms with Crippen molar-refractivity contribution in [2.75, 3.05) is 17.1 Å². The number of benzene rings is 2. The fraction of sp³-hybridized carbons (Fsp3) is 0.440. The minimum absolute atomic E-state index is 0.0806. The zero-order valence-electron chi connectivity index (χ0n) is 20.3. The number of anilines is 1. The van der Waals surface area contributed by atoms with Crippen molar-refractivity contribution in [2.24, 2.45) is 0 Å². The summed E-state index contributed by atoms with van der Waals surface area (Å²) in [5.41, 5.74) is 3.34. The van der Waals surface area contributed by atoms with Gasteiger partial charge in [0, 0.05) is 12.6 Å². The first kappa shape index (κ1) is 26.4. The van der Waals surface area contributed by atoms with Gasteiger partial charge in [-0.15, -0.1) is 0 Å². The van der Waals surface area contributed by atoms with Crippen LogP contribution in [0.4, 0.5) is 5.69 Å². The van der Waals surface area contributed by atoms with E-state index in [-0.39, 0.29) is 25.0 Å². The predicted molar refractivity (Wildman–Crippen MR) is 132 cm³/mol. The molecule has 0 aliphatic rings. The maximum Gasteiger partial charge on any atom is 0.244 e. The van der Waals surface area contributed by atoms with Crippen LogP contribution in [0.1, 0.15) is 43.9 Å². The number of rotatable bonds is 10. The highest BCUT2D eigenvalue weighted by molar-refractivity contribution is 7.92. The average molecular weight is 474 g/mol. The molecule has 0 radical (unpaired) electrons. The third kappa shape index (κ3) is 7.60. The minimum Gasteiger partial charge on any atom is -0.352 e. The third-order valence-corrected chi connectivity index (χ3v) is 6.43. The number of sulfonamides is 1. The van der Waals surface area contributed by atoms with Crippen LogP contribution in [-0.2, 0) is 26.2 Å². The summed E-state index contributed by atoms with van der Waals surface area (Å²) in [6.45, 7) is 9.26. The largest absolute Gasteiger partial charge is 0.352 e. The Hall–Kier alpha value is -2.87. The van der Waals surface area contributed by atoms with Crippen molar-refractivity contribution >= 4 is 27.5 Å². The Bertz CT molecular complexity index is 1050. The SMILES string of the molecule is CC[C@H](C(=O)NC(C)C)N(Cc1ccc(C)cc1)C(=O)CN(c1ccc(C)cc1)S(C)(=O)=O. The summed E-state index contributed by atoms with van der Waals surface area (Å²) < 4.78 is 26.2. The molecule has 0 aliphatic carbocycles. The number of amides is 2. The van der Waals surface area contributed by atoms with E-state index in [4.69, 9.17) is 0 Å². The van der Waals surface area contributed by atoms with Gasteiger partial charge >= 0.3 is 0 Å². The molecule has 2 amide bonds. The van der Waals surface area contributed by atoms with E-state index in [1.165, 1.54) is 4.90 Å². The lowest BCUT2D eigenvalue weighted by atomic mass is 10.1. The first-order valence-electron chi connectivity index (χ1n) is 11.1. The Labute approximate surface area is 197 Å². The number of nitrogens with zero attached hydrogens (tertiary/aromatic N) is 2. The Morgan fingerprint density at radius 3 is 1.91 bits per heavy atom. The molecule has 0 spiro atoms. The molecule has 2 aromatic carbocycles. The quantitative estimate of drug-likeness (QED) is 0.573. The number of hydrogen-bond donors (Lipinski definition) is 1. The van der Waals surface area contributed by atoms with Crippen LogP contribution >= 0.6 is 0 Å². The van der Waals surface area contributed by atoms with Gasteiger partial charge in [0.15, 0.2) is 0 Å². The Morgan fingerprint density at radius 2 is 1.45 bits per heavy atom. The highest BCUT2D eigenvalue weighted by Crippen LogP contribution is 2.20. The van der Waals surface area contributed by atoms with Crippen molar-refractivity contribution in [3.05, 3.63) is 65.2 Å². The molecule has 1 N–H and O–H groups in total. The van der Waals surface area contributed by atoms with Gasteiger partial charge in [0.25, 0.3) is 0 Å². The second-order valence-electron chi connectivity index (χ2n) is 8.70. The van der Waals surface area contributed by atoms with Crippen LogP contribution in [0.15, 0.2) is 48.5 Å². The Morgan fingerprint density at radius 1 is 0.939 bits per heavy atom. The molecule has 0 fully saturated rings. The summed E-state index contributed by atoms with van der Waals surface area (Å²) >= 11 is 0. The highest BCUT2D eigenvalue weighted by atomic mass is 32.2. The molecule has 0 aromatic heterocycles. The first-order valence-corrected chi connectivity index (χ1v) is 13.0. The van der Waals surface area contributed by atoms with Crippen LogP contribution in [0.2, 0.25) is 0 Å². The summed E-state index contributed by atoms with van der Waals surface area (Å²) in [5, 5.41) is 2.88. The second kappa shape index (κ2) is 11.3. The zero-order chi connectivity index (χ0) is 24.8. The van der Waals surface area contributed by atoms with Crippen molar-refractivity contribution in [3.63, 3.8) is 0 Å². The van der Waals surface area contributed by atoms with Crippen LogP contribution in [0.25, 0.3) is 0 Å². The van der Waals surface area contributed by atoms with Gasteiger partial charge < -0.3 is 10.2 Å². The fourth-order valence-electron chi connectivity index (χ4n) is 3.52. The second-order valence-corrected chi connectivity index (χ2v) is 10.6. The van der Waals surface area contributed by atoms with E-state index in [0.717, 1.165) is 27.3 Å². The smallest absolute Gasteiger partial charge is 0.244 e. The van der Waals surface area contributed by atoms with E-state index in [9.17, 15) is 18.0 Å². The molecule has 7 nitrogen and oxygen atoms in total. The number of carbonyl (C=O) groups is 2. The summed E-state index contributed by atoms with van der Waals surface area (Å²) in [4.78, 5) is 28.0. The Kier molecular flexibility index (Phi) is 9.05. The van der Waals surface area contributed by atoms with Crippen molar-refractivity contribution in [1.82, 2.24) is 10.2 Å². The molecule has 0 unspecified atom stereocenters. The molecule has 0 aliphatic heterocycles. The maximum atomic E-state index is 13.5. The van der Waals surface area contributed by atoms with E-state index in [1.54, 1.807) is 24.3 Å². The molecule has 33 heavy (non-hydrogen) atoms. The molecule has 2 rings (SSSR count). The number of hydrogen-bond acceptors (Lipinski definition) is 4. The van der Waals surface area contributed by atoms with E-state index in [0.29, 0.717) is 12.1 Å². The summed E-state index contributed by atoms with van der Waals surface area (Å²) in [7, 11) is -3.72. The van der Waals surface area contributed by atoms with Crippen molar-refractivity contribution in [1.29, 1.82) is 0 Å². The average Bonchev–Trinajstić information content (AvgIpc) is 2.72. The van der Waals surface area contributed by atoms with Gasteiger partial charge in [-0.1, -0.05) is 54.4 Å². The summed E-state index contributed by atoms with van der Waals surface area (Å²) in [5.74, 6) is -0.693. The van der Waals surface area contributed by atoms with Crippen LogP contribution in [0.5, 0.6) is 0 Å². The van der Waals surface area contributed by atoms with Crippen molar-refractivity contribution in [3.8, 4) is 0 Å². The minimum atomic E-state index is -3.72. The first-order chi connectivity index (χ1) is 15.4. The van der Waals surface area contributed by atoms with Crippen LogP contribution < -0.4 is 9.62 Å². The molecule has 0 heterocycles. The van der Waals surface area contributed by atoms with Gasteiger partial charge in [-0.05, 0) is 51.8 Å².